The van der Waals surface area contributed by atoms with Gasteiger partial charge < -0.3 is 4.57 Å². The van der Waals surface area contributed by atoms with Crippen molar-refractivity contribution in [2.24, 2.45) is 7.05 Å². The number of aromatic nitrogens is 3. The molecule has 3 heterocycles. The lowest BCUT2D eigenvalue weighted by Gasteiger charge is -2.08. The molecule has 0 N–H and O–H groups in total. The van der Waals surface area contributed by atoms with Crippen LogP contribution >= 0.6 is 0 Å². The van der Waals surface area contributed by atoms with E-state index < -0.39 is 0 Å². The van der Waals surface area contributed by atoms with Crippen molar-refractivity contribution in [2.75, 3.05) is 0 Å². The number of rotatable bonds is 1. The van der Waals surface area contributed by atoms with Crippen LogP contribution in [0.25, 0.3) is 28.5 Å². The molecule has 0 saturated heterocycles. The molecule has 0 unspecified atom stereocenters. The number of aryl methyl sites for hydroxylation is 4. The average Bonchev–Trinajstić information content (AvgIpc) is 3.04. The van der Waals surface area contributed by atoms with E-state index in [-0.39, 0.29) is 0 Å². The number of fused-ring (bicyclic) bond motifs is 3. The van der Waals surface area contributed by atoms with Gasteiger partial charge in [-0.05, 0) is 44.0 Å². The number of hydrogen-bond acceptors (Lipinski definition) is 1. The van der Waals surface area contributed by atoms with Crippen molar-refractivity contribution >= 4 is 17.2 Å². The Morgan fingerprint density at radius 3 is 2.68 bits per heavy atom. The van der Waals surface area contributed by atoms with Gasteiger partial charge in [-0.2, -0.15) is 0 Å². The summed E-state index contributed by atoms with van der Waals surface area (Å²) in [7, 11) is 2.11. The summed E-state index contributed by atoms with van der Waals surface area (Å²) in [5.74, 6) is 1.14. The highest BCUT2D eigenvalue weighted by Gasteiger charge is 2.18. The predicted molar refractivity (Wildman–Crippen MR) is 89.6 cm³/mol. The molecule has 22 heavy (non-hydrogen) atoms. The lowest BCUT2D eigenvalue weighted by molar-refractivity contribution is -0.660. The molecule has 1 aliphatic heterocycles. The van der Waals surface area contributed by atoms with Gasteiger partial charge in [0, 0.05) is 24.3 Å². The van der Waals surface area contributed by atoms with Gasteiger partial charge in [0.15, 0.2) is 6.20 Å². The Bertz CT molecular complexity index is 945. The lowest BCUT2D eigenvalue weighted by atomic mass is 10.0. The van der Waals surface area contributed by atoms with Crippen molar-refractivity contribution in [1.29, 1.82) is 0 Å². The van der Waals surface area contributed by atoms with Crippen molar-refractivity contribution < 1.29 is 4.57 Å². The molecule has 0 bridgehead atoms. The normalized spacial score (nSPS) is 13.1. The van der Waals surface area contributed by atoms with Gasteiger partial charge in [0.1, 0.15) is 12.9 Å². The van der Waals surface area contributed by atoms with Gasteiger partial charge in [-0.25, -0.2) is 9.55 Å². The van der Waals surface area contributed by atoms with E-state index in [1.807, 2.05) is 0 Å². The van der Waals surface area contributed by atoms with Crippen molar-refractivity contribution in [3.8, 4) is 11.3 Å². The molecule has 3 nitrogen and oxygen atoms in total. The van der Waals surface area contributed by atoms with E-state index in [1.54, 1.807) is 0 Å². The van der Waals surface area contributed by atoms with Crippen LogP contribution in [0.4, 0.5) is 0 Å². The van der Waals surface area contributed by atoms with E-state index in [4.69, 9.17) is 4.98 Å². The van der Waals surface area contributed by atoms with Crippen molar-refractivity contribution in [2.45, 2.75) is 27.2 Å². The summed E-state index contributed by atoms with van der Waals surface area (Å²) in [5.41, 5.74) is 8.72. The maximum Gasteiger partial charge on any atom is 0.212 e. The van der Waals surface area contributed by atoms with Gasteiger partial charge in [-0.1, -0.05) is 6.08 Å². The predicted octanol–water partition coefficient (Wildman–Crippen LogP) is 3.48. The molecule has 0 radical (unpaired) electrons. The molecule has 0 atom stereocenters. The highest BCUT2D eigenvalue weighted by Crippen LogP contribution is 2.29. The van der Waals surface area contributed by atoms with Gasteiger partial charge in [0.25, 0.3) is 0 Å². The Balaban J connectivity index is 1.98. The van der Waals surface area contributed by atoms with E-state index in [2.05, 4.69) is 73.6 Å². The van der Waals surface area contributed by atoms with Crippen LogP contribution in [0.3, 0.4) is 0 Å². The second-order valence-corrected chi connectivity index (χ2v) is 6.28. The molecule has 3 aromatic rings. The van der Waals surface area contributed by atoms with E-state index in [9.17, 15) is 0 Å². The molecule has 0 fully saturated rings. The highest BCUT2D eigenvalue weighted by molar-refractivity contribution is 5.85. The average molecular weight is 290 g/mol. The van der Waals surface area contributed by atoms with Crippen LogP contribution in [-0.2, 0) is 13.5 Å². The third-order valence-electron chi connectivity index (χ3n) is 4.68. The summed E-state index contributed by atoms with van der Waals surface area (Å²) in [6.45, 7) is 6.51. The van der Waals surface area contributed by atoms with Gasteiger partial charge in [-0.15, -0.1) is 0 Å². The smallest absolute Gasteiger partial charge is 0.212 e. The molecular formula is C19H20N3+. The molecule has 2 aromatic heterocycles. The Morgan fingerprint density at radius 1 is 1.05 bits per heavy atom. The van der Waals surface area contributed by atoms with Crippen molar-refractivity contribution in [3.05, 3.63) is 53.0 Å². The molecule has 1 aliphatic rings. The Labute approximate surface area is 130 Å². The molecule has 0 spiro atoms. The van der Waals surface area contributed by atoms with E-state index in [0.29, 0.717) is 0 Å². The zero-order chi connectivity index (χ0) is 15.4. The molecule has 110 valence electrons. The molecule has 0 saturated carbocycles. The van der Waals surface area contributed by atoms with Crippen molar-refractivity contribution in [1.82, 2.24) is 9.55 Å². The number of imidazole rings is 1. The SMILES string of the molecule is Cc1cc(-c2cc3nc4n(c3cc2C)C=CC4)[n+](C)cc1C. The van der Waals surface area contributed by atoms with Gasteiger partial charge in [0.2, 0.25) is 5.69 Å². The number of pyridine rings is 1. The summed E-state index contributed by atoms with van der Waals surface area (Å²) >= 11 is 0. The minimum atomic E-state index is 0.931. The number of allylic oxidation sites excluding steroid dienone is 1. The Hall–Kier alpha value is -2.42. The fourth-order valence-corrected chi connectivity index (χ4v) is 3.30. The molecule has 4 rings (SSSR count). The first kappa shape index (κ1) is 13.3. The quantitative estimate of drug-likeness (QED) is 0.629. The Kier molecular flexibility index (Phi) is 2.73. The molecule has 3 heteroatoms. The largest absolute Gasteiger partial charge is 0.303 e. The number of benzene rings is 1. The first-order valence-electron chi connectivity index (χ1n) is 7.70. The van der Waals surface area contributed by atoms with Crippen LogP contribution in [-0.4, -0.2) is 9.55 Å². The molecule has 0 aliphatic carbocycles. The second kappa shape index (κ2) is 4.54. The van der Waals surface area contributed by atoms with E-state index in [0.717, 1.165) is 17.8 Å². The van der Waals surface area contributed by atoms with Crippen LogP contribution in [0, 0.1) is 20.8 Å². The number of hydrogen-bond donors (Lipinski definition) is 0. The molecular weight excluding hydrogens is 270 g/mol. The van der Waals surface area contributed by atoms with Gasteiger partial charge in [0.05, 0.1) is 16.6 Å². The maximum absolute atomic E-state index is 4.78. The first-order valence-corrected chi connectivity index (χ1v) is 7.70. The second-order valence-electron chi connectivity index (χ2n) is 6.28. The summed E-state index contributed by atoms with van der Waals surface area (Å²) in [4.78, 5) is 4.78. The summed E-state index contributed by atoms with van der Waals surface area (Å²) in [5, 5.41) is 0. The van der Waals surface area contributed by atoms with Crippen molar-refractivity contribution in [3.63, 3.8) is 0 Å². The van der Waals surface area contributed by atoms with Gasteiger partial charge >= 0.3 is 0 Å². The lowest BCUT2D eigenvalue weighted by Crippen LogP contribution is -2.31. The molecule has 0 amide bonds. The summed E-state index contributed by atoms with van der Waals surface area (Å²) in [6.07, 6.45) is 7.42. The highest BCUT2D eigenvalue weighted by atomic mass is 15.1. The fourth-order valence-electron chi connectivity index (χ4n) is 3.30. The van der Waals surface area contributed by atoms with E-state index in [1.165, 1.54) is 33.5 Å². The number of nitrogens with zero attached hydrogens (tertiary/aromatic N) is 3. The third-order valence-corrected chi connectivity index (χ3v) is 4.68. The monoisotopic (exact) mass is 290 g/mol. The fraction of sp³-hybridized carbons (Fsp3) is 0.263. The van der Waals surface area contributed by atoms with Crippen LogP contribution in [0.2, 0.25) is 0 Å². The zero-order valence-corrected chi connectivity index (χ0v) is 13.5. The minimum absolute atomic E-state index is 0.931. The summed E-state index contributed by atoms with van der Waals surface area (Å²) in [6, 6.07) is 6.76. The standard InChI is InChI=1S/C19H20N3/c1-12-8-17(21(4)11-14(12)3)15-10-16-18(9-13(15)2)22-7-5-6-19(22)20-16/h5,7-11H,6H2,1-4H3/q+1. The maximum atomic E-state index is 4.78. The van der Waals surface area contributed by atoms with Gasteiger partial charge in [-0.3, -0.25) is 0 Å². The summed E-state index contributed by atoms with van der Waals surface area (Å²) < 4.78 is 4.41. The first-order chi connectivity index (χ1) is 10.5. The third kappa shape index (κ3) is 1.82. The Morgan fingerprint density at radius 2 is 1.86 bits per heavy atom. The van der Waals surface area contributed by atoms with Crippen LogP contribution in [0.5, 0.6) is 0 Å². The minimum Gasteiger partial charge on any atom is -0.303 e. The topological polar surface area (TPSA) is 21.7 Å². The van der Waals surface area contributed by atoms with Crippen LogP contribution < -0.4 is 4.57 Å². The van der Waals surface area contributed by atoms with Crippen LogP contribution in [0.1, 0.15) is 22.5 Å². The van der Waals surface area contributed by atoms with Crippen LogP contribution in [0.15, 0.2) is 30.5 Å². The van der Waals surface area contributed by atoms with E-state index >= 15 is 0 Å². The zero-order valence-electron chi connectivity index (χ0n) is 13.5. The molecule has 1 aromatic carbocycles.